The van der Waals surface area contributed by atoms with Crippen LogP contribution in [0, 0.1) is 0 Å². The van der Waals surface area contributed by atoms with Crippen molar-refractivity contribution in [3.8, 4) is 17.2 Å². The summed E-state index contributed by atoms with van der Waals surface area (Å²) in [6.07, 6.45) is 0.243. The topological polar surface area (TPSA) is 259 Å². The largest absolute Gasteiger partial charge is 0.506 e. The number of imide groups is 2. The standard InChI is InChI=1S/C40H42ClN11O11.C2H6/c1-47-33-32(38(59)48(2)40(47)60)51(21-29-45-46-35(63-29)22-6-8-27(53)24(41)20-22)39(44-33)50-14-12-49(13-15-50)30(55)10-16-61-18-19-62-17-11-42-25-5-3-4-23-31(25)37(58)52(36(23)57)26-7-9-28(54)43-34(26)56;1-2/h3-6,8,20,26,42,53H,7,9-19,21H2,1-2H3,(H,43,54,56);1-2H3. The number of hydrogen-bond donors (Lipinski definition) is 3. The molecule has 2 aromatic carbocycles. The number of carbonyl (C=O) groups is 5. The number of phenolic OH excluding ortho intramolecular Hbond substituents is 1. The molecule has 0 radical (unpaired) electrons. The van der Waals surface area contributed by atoms with Crippen molar-refractivity contribution in [3.05, 3.63) is 79.3 Å². The van der Waals surface area contributed by atoms with E-state index in [-0.39, 0.29) is 103 Å². The van der Waals surface area contributed by atoms with E-state index in [0.717, 1.165) is 9.47 Å². The first-order valence-electron chi connectivity index (χ1n) is 21.1. The Morgan fingerprint density at radius 1 is 0.938 bits per heavy atom. The van der Waals surface area contributed by atoms with E-state index in [2.05, 4.69) is 20.8 Å². The summed E-state index contributed by atoms with van der Waals surface area (Å²) in [6, 6.07) is 8.23. The number of imidazole rings is 1. The first kappa shape index (κ1) is 46.1. The van der Waals surface area contributed by atoms with Gasteiger partial charge >= 0.3 is 5.69 Å². The van der Waals surface area contributed by atoms with Crippen molar-refractivity contribution in [2.24, 2.45) is 14.1 Å². The van der Waals surface area contributed by atoms with E-state index in [1.807, 2.05) is 18.7 Å². The lowest BCUT2D eigenvalue weighted by Gasteiger charge is -2.35. The van der Waals surface area contributed by atoms with Gasteiger partial charge in [0.15, 0.2) is 11.2 Å². The molecule has 6 heterocycles. The highest BCUT2D eigenvalue weighted by Crippen LogP contribution is 2.33. The Hall–Kier alpha value is -6.91. The highest BCUT2D eigenvalue weighted by molar-refractivity contribution is 6.32. The molecule has 5 amide bonds. The number of piperazine rings is 1. The zero-order valence-electron chi connectivity index (χ0n) is 36.2. The van der Waals surface area contributed by atoms with Gasteiger partial charge in [-0.25, -0.2) is 4.79 Å². The fourth-order valence-electron chi connectivity index (χ4n) is 7.75. The first-order valence-corrected chi connectivity index (χ1v) is 21.4. The summed E-state index contributed by atoms with van der Waals surface area (Å²) >= 11 is 6.07. The van der Waals surface area contributed by atoms with Gasteiger partial charge in [0, 0.05) is 64.5 Å². The van der Waals surface area contributed by atoms with E-state index in [1.165, 1.54) is 36.9 Å². The molecule has 65 heavy (non-hydrogen) atoms. The van der Waals surface area contributed by atoms with Crippen LogP contribution < -0.4 is 26.8 Å². The fourth-order valence-corrected chi connectivity index (χ4v) is 7.93. The second-order valence-corrected chi connectivity index (χ2v) is 15.4. The lowest BCUT2D eigenvalue weighted by Crippen LogP contribution is -2.54. The van der Waals surface area contributed by atoms with E-state index >= 15 is 0 Å². The second-order valence-electron chi connectivity index (χ2n) is 15.0. The average Bonchev–Trinajstić information content (AvgIpc) is 4.01. The van der Waals surface area contributed by atoms with Crippen LogP contribution in [0.25, 0.3) is 22.6 Å². The summed E-state index contributed by atoms with van der Waals surface area (Å²) in [5.41, 5.74) is 0.478. The van der Waals surface area contributed by atoms with Gasteiger partial charge in [-0.05, 0) is 36.8 Å². The maximum absolute atomic E-state index is 13.5. The Morgan fingerprint density at radius 3 is 2.40 bits per heavy atom. The minimum atomic E-state index is -1.06. The summed E-state index contributed by atoms with van der Waals surface area (Å²) in [6.45, 7) is 6.63. The molecule has 1 unspecified atom stereocenters. The molecular weight excluding hydrogens is 870 g/mol. The normalized spacial score (nSPS) is 16.2. The van der Waals surface area contributed by atoms with Crippen molar-refractivity contribution in [3.63, 3.8) is 0 Å². The van der Waals surface area contributed by atoms with Gasteiger partial charge in [0.1, 0.15) is 18.3 Å². The minimum Gasteiger partial charge on any atom is -0.506 e. The van der Waals surface area contributed by atoms with Crippen LogP contribution in [0.2, 0.25) is 5.02 Å². The van der Waals surface area contributed by atoms with Crippen molar-refractivity contribution in [1.82, 2.24) is 44.0 Å². The number of aromatic hydroxyl groups is 1. The highest BCUT2D eigenvalue weighted by atomic mass is 35.5. The van der Waals surface area contributed by atoms with Gasteiger partial charge < -0.3 is 34.1 Å². The number of anilines is 2. The second kappa shape index (κ2) is 19.9. The van der Waals surface area contributed by atoms with Gasteiger partial charge in [0.05, 0.1) is 49.0 Å². The molecule has 5 aromatic rings. The third kappa shape index (κ3) is 9.36. The summed E-state index contributed by atoms with van der Waals surface area (Å²) in [4.78, 5) is 99.1. The van der Waals surface area contributed by atoms with E-state index in [9.17, 15) is 38.7 Å². The number of ether oxygens (including phenoxy) is 2. The summed E-state index contributed by atoms with van der Waals surface area (Å²) in [5, 5.41) is 23.5. The van der Waals surface area contributed by atoms with Crippen molar-refractivity contribution < 1.29 is 43.0 Å². The van der Waals surface area contributed by atoms with Crippen molar-refractivity contribution in [2.75, 3.05) is 69.4 Å². The molecule has 0 saturated carbocycles. The number of hydrogen-bond acceptors (Lipinski definition) is 16. The number of nitrogens with one attached hydrogen (secondary N) is 2. The maximum atomic E-state index is 13.5. The monoisotopic (exact) mass is 917 g/mol. The zero-order valence-corrected chi connectivity index (χ0v) is 36.9. The quantitative estimate of drug-likeness (QED) is 0.0993. The molecule has 3 N–H and O–H groups in total. The molecule has 2 fully saturated rings. The van der Waals surface area contributed by atoms with Crippen molar-refractivity contribution in [2.45, 2.75) is 45.7 Å². The predicted octanol–water partition coefficient (Wildman–Crippen LogP) is 1.50. The molecule has 3 aliphatic heterocycles. The van der Waals surface area contributed by atoms with Gasteiger partial charge in [-0.15, -0.1) is 10.2 Å². The Labute approximate surface area is 375 Å². The number of aryl methyl sites for hydroxylation is 1. The van der Waals surface area contributed by atoms with E-state index in [4.69, 9.17) is 30.5 Å². The van der Waals surface area contributed by atoms with Crippen LogP contribution in [0.15, 0.2) is 50.4 Å². The molecule has 3 aromatic heterocycles. The Bertz CT molecular complexity index is 2770. The number of fused-ring (bicyclic) bond motifs is 2. The maximum Gasteiger partial charge on any atom is 0.332 e. The number of amides is 5. The summed E-state index contributed by atoms with van der Waals surface area (Å²) < 4.78 is 21.1. The van der Waals surface area contributed by atoms with Crippen molar-refractivity contribution >= 4 is 63.9 Å². The van der Waals surface area contributed by atoms with Crippen LogP contribution >= 0.6 is 11.6 Å². The first-order chi connectivity index (χ1) is 31.3. The number of nitrogens with zero attached hydrogens (tertiary/aromatic N) is 9. The molecule has 3 aliphatic rings. The molecule has 0 aliphatic carbocycles. The Morgan fingerprint density at radius 2 is 1.68 bits per heavy atom. The van der Waals surface area contributed by atoms with E-state index in [1.54, 1.807) is 27.7 Å². The molecular formula is C42H48ClN11O11. The van der Waals surface area contributed by atoms with Gasteiger partial charge in [0.2, 0.25) is 35.5 Å². The summed E-state index contributed by atoms with van der Waals surface area (Å²) in [5.74, 6) is -1.84. The van der Waals surface area contributed by atoms with Crippen molar-refractivity contribution in [1.29, 1.82) is 0 Å². The van der Waals surface area contributed by atoms with Crippen LogP contribution in [-0.2, 0) is 44.5 Å². The van der Waals surface area contributed by atoms with Gasteiger partial charge in [-0.1, -0.05) is 31.5 Å². The van der Waals surface area contributed by atoms with Crippen LogP contribution in [0.5, 0.6) is 5.75 Å². The average molecular weight is 918 g/mol. The zero-order chi connectivity index (χ0) is 46.5. The number of piperidine rings is 1. The highest BCUT2D eigenvalue weighted by Gasteiger charge is 2.45. The van der Waals surface area contributed by atoms with Gasteiger partial charge in [-0.3, -0.25) is 52.7 Å². The van der Waals surface area contributed by atoms with Crippen LogP contribution in [0.4, 0.5) is 11.6 Å². The molecule has 8 rings (SSSR count). The molecule has 2 saturated heterocycles. The fraction of sp³-hybridized carbons (Fsp3) is 0.429. The Kier molecular flexibility index (Phi) is 14.1. The van der Waals surface area contributed by atoms with Crippen LogP contribution in [0.3, 0.4) is 0 Å². The number of halogens is 1. The number of phenols is 1. The number of benzene rings is 2. The third-order valence-electron chi connectivity index (χ3n) is 11.1. The summed E-state index contributed by atoms with van der Waals surface area (Å²) in [7, 11) is 2.91. The molecule has 0 bridgehead atoms. The van der Waals surface area contributed by atoms with E-state index < -0.39 is 40.9 Å². The lowest BCUT2D eigenvalue weighted by molar-refractivity contribution is -0.136. The molecule has 23 heteroatoms. The third-order valence-corrected chi connectivity index (χ3v) is 11.4. The molecule has 22 nitrogen and oxygen atoms in total. The lowest BCUT2D eigenvalue weighted by atomic mass is 10.0. The SMILES string of the molecule is CC.Cn1c(=O)c2c(nc(N3CCN(C(=O)CCOCCOCCNc4cccc5c4C(=O)N(C4CCC(=O)NC4=O)C5=O)CC3)n2Cc2nnc(-c3ccc(O)c(Cl)c3)o2)n(C)c1=O. The van der Waals surface area contributed by atoms with Gasteiger partial charge in [0.25, 0.3) is 17.4 Å². The van der Waals surface area contributed by atoms with Crippen LogP contribution in [-0.4, -0.2) is 139 Å². The van der Waals surface area contributed by atoms with E-state index in [0.29, 0.717) is 49.9 Å². The number of aromatic nitrogens is 6. The molecule has 1 atom stereocenters. The molecule has 344 valence electrons. The predicted molar refractivity (Wildman–Crippen MR) is 234 cm³/mol. The number of carbonyl (C=O) groups excluding carboxylic acids is 5. The van der Waals surface area contributed by atoms with Crippen LogP contribution in [0.1, 0.15) is 59.7 Å². The molecule has 0 spiro atoms. The minimum absolute atomic E-state index is 0.0320. The Balaban J connectivity index is 0.00000311. The smallest absolute Gasteiger partial charge is 0.332 e. The van der Waals surface area contributed by atoms with Gasteiger partial charge in [-0.2, -0.15) is 4.98 Å². The number of rotatable bonds is 15.